The highest BCUT2D eigenvalue weighted by molar-refractivity contribution is 6.02. The van der Waals surface area contributed by atoms with E-state index in [2.05, 4.69) is 69.3 Å². The molecule has 3 unspecified atom stereocenters. The summed E-state index contributed by atoms with van der Waals surface area (Å²) < 4.78 is 0. The van der Waals surface area contributed by atoms with E-state index >= 15 is 0 Å². The monoisotopic (exact) mass is 357 g/mol. The average molecular weight is 358 g/mol. The van der Waals surface area contributed by atoms with Crippen LogP contribution in [0.1, 0.15) is 76.0 Å². The third kappa shape index (κ3) is 2.33. The standard InChI is InChI=1S/C14H18.C12H13N/c1-13-8-5-9-14(13,2)12-7-4-3-6-11(12)10-13;1-12-8-4-7-11(12)13-10-6-3-2-5-9(10)12/h3-4,6-7H,5,8-10H2,1-2H3;2-3,5-6H,4,7-8H2,1H3. The maximum atomic E-state index is 4.70. The Hall–Kier alpha value is -1.89. The molecular formula is C26H31N. The van der Waals surface area contributed by atoms with E-state index in [1.54, 1.807) is 11.1 Å². The van der Waals surface area contributed by atoms with E-state index in [1.165, 1.54) is 61.9 Å². The van der Waals surface area contributed by atoms with Gasteiger partial charge in [0, 0.05) is 11.1 Å². The van der Waals surface area contributed by atoms with E-state index in [-0.39, 0.29) is 5.41 Å². The second-order valence-corrected chi connectivity index (χ2v) is 9.84. The maximum Gasteiger partial charge on any atom is 0.0670 e. The van der Waals surface area contributed by atoms with Crippen molar-refractivity contribution in [2.24, 2.45) is 10.4 Å². The first kappa shape index (κ1) is 17.2. The van der Waals surface area contributed by atoms with Crippen molar-refractivity contribution in [2.45, 2.75) is 76.5 Å². The van der Waals surface area contributed by atoms with Gasteiger partial charge < -0.3 is 0 Å². The Labute approximate surface area is 163 Å². The lowest BCUT2D eigenvalue weighted by Gasteiger charge is -2.35. The van der Waals surface area contributed by atoms with Gasteiger partial charge in [-0.1, -0.05) is 69.7 Å². The molecule has 27 heavy (non-hydrogen) atoms. The van der Waals surface area contributed by atoms with E-state index in [9.17, 15) is 0 Å². The largest absolute Gasteiger partial charge is 0.257 e. The lowest BCUT2D eigenvalue weighted by Crippen LogP contribution is -2.32. The van der Waals surface area contributed by atoms with Crippen LogP contribution in [0.25, 0.3) is 0 Å². The molecule has 0 spiro atoms. The van der Waals surface area contributed by atoms with Gasteiger partial charge in [-0.2, -0.15) is 0 Å². The van der Waals surface area contributed by atoms with E-state index in [0.717, 1.165) is 0 Å². The number of hydrogen-bond acceptors (Lipinski definition) is 1. The zero-order chi connectivity index (χ0) is 18.7. The summed E-state index contributed by atoms with van der Waals surface area (Å²) in [4.78, 5) is 4.70. The van der Waals surface area contributed by atoms with Gasteiger partial charge in [-0.3, -0.25) is 4.99 Å². The molecule has 0 bridgehead atoms. The fourth-order valence-corrected chi connectivity index (χ4v) is 6.47. The smallest absolute Gasteiger partial charge is 0.0670 e. The fraction of sp³-hybridized carbons (Fsp3) is 0.500. The summed E-state index contributed by atoms with van der Waals surface area (Å²) in [5, 5.41) is 0. The Morgan fingerprint density at radius 1 is 0.778 bits per heavy atom. The molecule has 0 radical (unpaired) electrons. The molecule has 3 atom stereocenters. The highest BCUT2D eigenvalue weighted by atomic mass is 14.8. The van der Waals surface area contributed by atoms with Gasteiger partial charge in [0.05, 0.1) is 5.69 Å². The van der Waals surface area contributed by atoms with Gasteiger partial charge in [0.15, 0.2) is 0 Å². The van der Waals surface area contributed by atoms with Crippen molar-refractivity contribution in [2.75, 3.05) is 0 Å². The Bertz CT molecular complexity index is 925. The number of aliphatic imine (C=N–C) groups is 1. The average Bonchev–Trinajstić information content (AvgIpc) is 3.30. The van der Waals surface area contributed by atoms with Crippen molar-refractivity contribution in [1.82, 2.24) is 0 Å². The lowest BCUT2D eigenvalue weighted by molar-refractivity contribution is 0.224. The van der Waals surface area contributed by atoms with Gasteiger partial charge in [-0.15, -0.1) is 0 Å². The van der Waals surface area contributed by atoms with E-state index in [4.69, 9.17) is 4.99 Å². The van der Waals surface area contributed by atoms with Crippen molar-refractivity contribution in [1.29, 1.82) is 0 Å². The highest BCUT2D eigenvalue weighted by Crippen LogP contribution is 2.60. The van der Waals surface area contributed by atoms with E-state index in [0.29, 0.717) is 10.8 Å². The SMILES string of the molecule is CC12CCCC1(C)c1ccccc1C2.CC12CCCC1=Nc1ccccc12. The normalized spacial score (nSPS) is 34.9. The van der Waals surface area contributed by atoms with Crippen LogP contribution in [0.3, 0.4) is 0 Å². The van der Waals surface area contributed by atoms with Crippen LogP contribution in [0.15, 0.2) is 53.5 Å². The van der Waals surface area contributed by atoms with Crippen molar-refractivity contribution >= 4 is 11.4 Å². The summed E-state index contributed by atoms with van der Waals surface area (Å²) in [5.41, 5.74) is 8.63. The van der Waals surface area contributed by atoms with Crippen molar-refractivity contribution in [3.05, 3.63) is 65.2 Å². The minimum Gasteiger partial charge on any atom is -0.257 e. The van der Waals surface area contributed by atoms with Gasteiger partial charge in [0.2, 0.25) is 0 Å². The van der Waals surface area contributed by atoms with Gasteiger partial charge in [-0.05, 0) is 72.1 Å². The molecule has 2 aromatic carbocycles. The summed E-state index contributed by atoms with van der Waals surface area (Å²) in [6.07, 6.45) is 9.32. The summed E-state index contributed by atoms with van der Waals surface area (Å²) in [7, 11) is 0. The van der Waals surface area contributed by atoms with Crippen LogP contribution >= 0.6 is 0 Å². The highest BCUT2D eigenvalue weighted by Gasteiger charge is 2.54. The zero-order valence-electron chi connectivity index (χ0n) is 17.0. The molecule has 3 aliphatic carbocycles. The zero-order valence-corrected chi connectivity index (χ0v) is 17.0. The summed E-state index contributed by atoms with van der Waals surface area (Å²) in [6, 6.07) is 17.6. The van der Waals surface area contributed by atoms with Gasteiger partial charge in [-0.25, -0.2) is 0 Å². The van der Waals surface area contributed by atoms with Gasteiger partial charge >= 0.3 is 0 Å². The van der Waals surface area contributed by atoms with Crippen LogP contribution < -0.4 is 0 Å². The Balaban J connectivity index is 0.000000119. The number of rotatable bonds is 0. The third-order valence-electron chi connectivity index (χ3n) is 8.41. The molecule has 6 rings (SSSR count). The van der Waals surface area contributed by atoms with Crippen LogP contribution in [0.2, 0.25) is 0 Å². The van der Waals surface area contributed by atoms with Crippen molar-refractivity contribution in [3.63, 3.8) is 0 Å². The predicted molar refractivity (Wildman–Crippen MR) is 114 cm³/mol. The summed E-state index contributed by atoms with van der Waals surface area (Å²) in [6.45, 7) is 7.30. The van der Waals surface area contributed by atoms with Crippen LogP contribution in [0, 0.1) is 5.41 Å². The molecule has 1 nitrogen and oxygen atoms in total. The van der Waals surface area contributed by atoms with Crippen molar-refractivity contribution < 1.29 is 0 Å². The molecule has 2 fully saturated rings. The molecule has 140 valence electrons. The van der Waals surface area contributed by atoms with Crippen molar-refractivity contribution in [3.8, 4) is 0 Å². The van der Waals surface area contributed by atoms with E-state index in [1.807, 2.05) is 0 Å². The topological polar surface area (TPSA) is 12.4 Å². The molecule has 1 heterocycles. The molecule has 0 N–H and O–H groups in total. The first-order valence-electron chi connectivity index (χ1n) is 10.7. The molecule has 0 amide bonds. The van der Waals surface area contributed by atoms with Gasteiger partial charge in [0.1, 0.15) is 0 Å². The molecular weight excluding hydrogens is 326 g/mol. The Morgan fingerprint density at radius 3 is 2.37 bits per heavy atom. The summed E-state index contributed by atoms with van der Waals surface area (Å²) >= 11 is 0. The lowest BCUT2D eigenvalue weighted by atomic mass is 9.69. The summed E-state index contributed by atoms with van der Waals surface area (Å²) in [5.74, 6) is 0. The molecule has 2 saturated carbocycles. The first-order valence-corrected chi connectivity index (χ1v) is 10.7. The van der Waals surface area contributed by atoms with Crippen LogP contribution in [-0.2, 0) is 17.3 Å². The fourth-order valence-electron chi connectivity index (χ4n) is 6.47. The first-order chi connectivity index (χ1) is 13.0. The predicted octanol–water partition coefficient (Wildman–Crippen LogP) is 6.90. The van der Waals surface area contributed by atoms with E-state index < -0.39 is 0 Å². The molecule has 0 aromatic heterocycles. The molecule has 2 aromatic rings. The second-order valence-electron chi connectivity index (χ2n) is 9.84. The van der Waals surface area contributed by atoms with Gasteiger partial charge in [0.25, 0.3) is 0 Å². The molecule has 1 heteroatoms. The minimum absolute atomic E-state index is 0.288. The number of para-hydroxylation sites is 1. The van der Waals surface area contributed by atoms with Crippen LogP contribution in [0.4, 0.5) is 5.69 Å². The number of hydrogen-bond donors (Lipinski definition) is 0. The maximum absolute atomic E-state index is 4.70. The minimum atomic E-state index is 0.288. The number of fused-ring (bicyclic) bond motifs is 6. The molecule has 4 aliphatic rings. The molecule has 1 aliphatic heterocycles. The molecule has 0 saturated heterocycles. The van der Waals surface area contributed by atoms with Crippen LogP contribution in [-0.4, -0.2) is 5.71 Å². The second kappa shape index (κ2) is 5.80. The third-order valence-corrected chi connectivity index (χ3v) is 8.41. The number of nitrogens with zero attached hydrogens (tertiary/aromatic N) is 1. The quantitative estimate of drug-likeness (QED) is 0.486. The number of benzene rings is 2. The Kier molecular flexibility index (Phi) is 3.70. The van der Waals surface area contributed by atoms with Crippen LogP contribution in [0.5, 0.6) is 0 Å². The Morgan fingerprint density at radius 2 is 1.52 bits per heavy atom.